The third kappa shape index (κ3) is 2.57. The zero-order chi connectivity index (χ0) is 11.5. The fourth-order valence-corrected chi connectivity index (χ4v) is 1.60. The molecular weight excluding hydrogens is 277 g/mol. The molecule has 1 aromatic carbocycles. The van der Waals surface area contributed by atoms with Gasteiger partial charge in [0, 0.05) is 11.4 Å². The molecule has 0 unspecified atom stereocenters. The zero-order valence-corrected chi connectivity index (χ0v) is 10.1. The van der Waals surface area contributed by atoms with E-state index in [9.17, 15) is 4.39 Å². The first-order chi connectivity index (χ1) is 7.65. The average Bonchev–Trinajstić information content (AvgIpc) is 2.66. The van der Waals surface area contributed by atoms with E-state index in [1.807, 2.05) is 0 Å². The third-order valence-electron chi connectivity index (χ3n) is 1.93. The maximum Gasteiger partial charge on any atom is 0.235 e. The first kappa shape index (κ1) is 11.1. The fraction of sp³-hybridized carbons (Fsp3) is 0.200. The minimum absolute atomic E-state index is 0.299. The van der Waals surface area contributed by atoms with Crippen LogP contribution in [0.15, 0.2) is 27.1 Å². The Morgan fingerprint density at radius 3 is 2.94 bits per heavy atom. The Balaban J connectivity index is 2.07. The number of anilines is 1. The Hall–Kier alpha value is -1.43. The number of benzene rings is 1. The lowest BCUT2D eigenvalue weighted by atomic mass is 10.3. The van der Waals surface area contributed by atoms with Gasteiger partial charge in [-0.2, -0.15) is 0 Å². The molecule has 0 aliphatic carbocycles. The molecule has 2 rings (SSSR count). The van der Waals surface area contributed by atoms with Crippen molar-refractivity contribution in [1.29, 1.82) is 0 Å². The lowest BCUT2D eigenvalue weighted by Gasteiger charge is -2.05. The molecule has 4 nitrogen and oxygen atoms in total. The van der Waals surface area contributed by atoms with Crippen LogP contribution in [0.1, 0.15) is 11.8 Å². The van der Waals surface area contributed by atoms with Crippen molar-refractivity contribution in [3.05, 3.63) is 40.3 Å². The van der Waals surface area contributed by atoms with Gasteiger partial charge in [0.1, 0.15) is 5.82 Å². The minimum atomic E-state index is -0.299. The van der Waals surface area contributed by atoms with Crippen LogP contribution in [0.4, 0.5) is 10.1 Å². The molecule has 0 aliphatic heterocycles. The molecule has 0 fully saturated rings. The Bertz CT molecular complexity index is 501. The van der Waals surface area contributed by atoms with Gasteiger partial charge in [-0.05, 0) is 34.1 Å². The molecule has 0 aliphatic rings. The summed E-state index contributed by atoms with van der Waals surface area (Å²) in [7, 11) is 0. The zero-order valence-electron chi connectivity index (χ0n) is 8.50. The van der Waals surface area contributed by atoms with Gasteiger partial charge in [-0.15, -0.1) is 10.2 Å². The van der Waals surface area contributed by atoms with Crippen LogP contribution in [0.5, 0.6) is 0 Å². The highest BCUT2D eigenvalue weighted by atomic mass is 79.9. The van der Waals surface area contributed by atoms with Crippen LogP contribution in [-0.4, -0.2) is 10.2 Å². The van der Waals surface area contributed by atoms with Gasteiger partial charge in [-0.25, -0.2) is 4.39 Å². The lowest BCUT2D eigenvalue weighted by molar-refractivity contribution is 0.474. The van der Waals surface area contributed by atoms with Crippen molar-refractivity contribution in [2.45, 2.75) is 13.5 Å². The van der Waals surface area contributed by atoms with Gasteiger partial charge in [0.15, 0.2) is 0 Å². The molecule has 0 radical (unpaired) electrons. The van der Waals surface area contributed by atoms with Gasteiger partial charge in [-0.3, -0.25) is 0 Å². The quantitative estimate of drug-likeness (QED) is 0.942. The fourth-order valence-electron chi connectivity index (χ4n) is 1.21. The molecule has 0 saturated heterocycles. The summed E-state index contributed by atoms with van der Waals surface area (Å²) >= 11 is 3.31. The molecule has 1 heterocycles. The Morgan fingerprint density at radius 2 is 2.25 bits per heavy atom. The summed E-state index contributed by atoms with van der Waals surface area (Å²) < 4.78 is 18.9. The lowest BCUT2D eigenvalue weighted by Crippen LogP contribution is -2.00. The van der Waals surface area contributed by atoms with Crippen LogP contribution in [0.3, 0.4) is 0 Å². The summed E-state index contributed by atoms with van der Waals surface area (Å²) in [5.74, 6) is 0.677. The number of rotatable bonds is 3. The van der Waals surface area contributed by atoms with E-state index in [-0.39, 0.29) is 5.82 Å². The number of hydrogen-bond donors (Lipinski definition) is 1. The molecule has 0 spiro atoms. The second-order valence-electron chi connectivity index (χ2n) is 3.19. The highest BCUT2D eigenvalue weighted by Gasteiger charge is 2.04. The molecule has 6 heteroatoms. The summed E-state index contributed by atoms with van der Waals surface area (Å²) in [6, 6.07) is 4.41. The van der Waals surface area contributed by atoms with E-state index in [1.165, 1.54) is 12.1 Å². The summed E-state index contributed by atoms with van der Waals surface area (Å²) in [4.78, 5) is 0. The van der Waals surface area contributed by atoms with Gasteiger partial charge in [-0.1, -0.05) is 0 Å². The van der Waals surface area contributed by atoms with Crippen molar-refractivity contribution >= 4 is 21.6 Å². The van der Waals surface area contributed by atoms with E-state index in [4.69, 9.17) is 4.42 Å². The molecule has 1 aromatic heterocycles. The van der Waals surface area contributed by atoms with E-state index < -0.39 is 0 Å². The summed E-state index contributed by atoms with van der Waals surface area (Å²) in [5, 5.41) is 10.5. The molecule has 0 amide bonds. The number of aryl methyl sites for hydroxylation is 1. The van der Waals surface area contributed by atoms with Crippen LogP contribution in [0.25, 0.3) is 0 Å². The van der Waals surface area contributed by atoms with E-state index in [0.29, 0.717) is 24.0 Å². The largest absolute Gasteiger partial charge is 0.424 e. The van der Waals surface area contributed by atoms with Crippen molar-refractivity contribution < 1.29 is 8.81 Å². The number of hydrogen-bond acceptors (Lipinski definition) is 4. The predicted octanol–water partition coefficient (Wildman–Crippen LogP) is 2.89. The van der Waals surface area contributed by atoms with Crippen LogP contribution >= 0.6 is 15.9 Å². The van der Waals surface area contributed by atoms with Gasteiger partial charge in [0.25, 0.3) is 0 Å². The molecule has 16 heavy (non-hydrogen) atoms. The Kier molecular flexibility index (Phi) is 3.19. The van der Waals surface area contributed by atoms with Crippen molar-refractivity contribution in [2.75, 3.05) is 5.32 Å². The van der Waals surface area contributed by atoms with E-state index in [1.54, 1.807) is 13.0 Å². The normalized spacial score (nSPS) is 10.4. The average molecular weight is 286 g/mol. The van der Waals surface area contributed by atoms with Crippen molar-refractivity contribution in [1.82, 2.24) is 10.2 Å². The maximum absolute atomic E-state index is 13.0. The standard InChI is InChI=1S/C10H9BrFN3O/c1-6-14-15-10(16-6)5-13-9-4-7(12)2-3-8(9)11/h2-4,13H,5H2,1H3. The highest BCUT2D eigenvalue weighted by Crippen LogP contribution is 2.23. The molecule has 2 aromatic rings. The molecule has 0 atom stereocenters. The number of aromatic nitrogens is 2. The number of nitrogens with one attached hydrogen (secondary N) is 1. The van der Waals surface area contributed by atoms with Gasteiger partial charge >= 0.3 is 0 Å². The van der Waals surface area contributed by atoms with Gasteiger partial charge < -0.3 is 9.73 Å². The molecular formula is C10H9BrFN3O. The second-order valence-corrected chi connectivity index (χ2v) is 4.05. The van der Waals surface area contributed by atoms with Crippen LogP contribution < -0.4 is 5.32 Å². The number of nitrogens with zero attached hydrogens (tertiary/aromatic N) is 2. The Morgan fingerprint density at radius 1 is 1.44 bits per heavy atom. The van der Waals surface area contributed by atoms with Gasteiger partial charge in [0.05, 0.1) is 12.2 Å². The second kappa shape index (κ2) is 4.61. The molecule has 0 bridgehead atoms. The van der Waals surface area contributed by atoms with Crippen LogP contribution in [-0.2, 0) is 6.54 Å². The topological polar surface area (TPSA) is 51.0 Å². The SMILES string of the molecule is Cc1nnc(CNc2cc(F)ccc2Br)o1. The molecule has 84 valence electrons. The van der Waals surface area contributed by atoms with Crippen LogP contribution in [0.2, 0.25) is 0 Å². The number of halogens is 2. The molecule has 0 saturated carbocycles. The van der Waals surface area contributed by atoms with Crippen molar-refractivity contribution in [2.24, 2.45) is 0 Å². The first-order valence-corrected chi connectivity index (χ1v) is 5.42. The van der Waals surface area contributed by atoms with E-state index >= 15 is 0 Å². The smallest absolute Gasteiger partial charge is 0.235 e. The summed E-state index contributed by atoms with van der Waals surface area (Å²) in [6.07, 6.45) is 0. The monoisotopic (exact) mass is 285 g/mol. The van der Waals surface area contributed by atoms with Crippen molar-refractivity contribution in [3.8, 4) is 0 Å². The van der Waals surface area contributed by atoms with Gasteiger partial charge in [0.2, 0.25) is 11.8 Å². The summed E-state index contributed by atoms with van der Waals surface area (Å²) in [6.45, 7) is 2.08. The van der Waals surface area contributed by atoms with Crippen LogP contribution in [0, 0.1) is 12.7 Å². The summed E-state index contributed by atoms with van der Waals surface area (Å²) in [5.41, 5.74) is 0.649. The highest BCUT2D eigenvalue weighted by molar-refractivity contribution is 9.10. The first-order valence-electron chi connectivity index (χ1n) is 4.63. The third-order valence-corrected chi connectivity index (χ3v) is 2.62. The molecule has 1 N–H and O–H groups in total. The maximum atomic E-state index is 13.0. The van der Waals surface area contributed by atoms with E-state index in [0.717, 1.165) is 4.47 Å². The predicted molar refractivity (Wildman–Crippen MR) is 60.5 cm³/mol. The minimum Gasteiger partial charge on any atom is -0.424 e. The van der Waals surface area contributed by atoms with Crippen molar-refractivity contribution in [3.63, 3.8) is 0 Å². The Labute approximate surface area is 100 Å². The van der Waals surface area contributed by atoms with E-state index in [2.05, 4.69) is 31.4 Å².